The molecule has 2 N–H and O–H groups in total. The maximum absolute atomic E-state index is 12.5. The van der Waals surface area contributed by atoms with Gasteiger partial charge >= 0.3 is 0 Å². The highest BCUT2D eigenvalue weighted by molar-refractivity contribution is 7.25. The molecular formula is C36H25BCl3N7O4S2. The van der Waals surface area contributed by atoms with E-state index >= 15 is 0 Å². The van der Waals surface area contributed by atoms with Crippen LogP contribution in [0.4, 0.5) is 5.69 Å². The molecule has 0 bridgehead atoms. The average Bonchev–Trinajstić information content (AvgIpc) is 3.17. The number of H-pyrrole nitrogens is 1. The largest absolute Gasteiger partial charge is 0.437 e. The van der Waals surface area contributed by atoms with Crippen LogP contribution in [0.5, 0.6) is 0 Å². The van der Waals surface area contributed by atoms with Crippen LogP contribution in [0.25, 0.3) is 40.3 Å². The van der Waals surface area contributed by atoms with Gasteiger partial charge in [0.15, 0.2) is 10.9 Å². The number of rotatable bonds is 3. The molecule has 5 heterocycles. The van der Waals surface area contributed by atoms with Gasteiger partial charge in [-0.15, -0.1) is 22.7 Å². The molecule has 0 aliphatic rings. The van der Waals surface area contributed by atoms with E-state index in [0.717, 1.165) is 30.6 Å². The molecule has 8 rings (SSSR count). The first-order valence-corrected chi connectivity index (χ1v) is 18.3. The number of hydrogen-bond donors (Lipinski definition) is 2. The molecule has 0 aliphatic heterocycles. The van der Waals surface area contributed by atoms with Crippen molar-refractivity contribution in [2.45, 2.75) is 20.8 Å². The number of fused-ring (bicyclic) bond motifs is 4. The molecule has 3 aromatic carbocycles. The van der Waals surface area contributed by atoms with Crippen LogP contribution in [0.1, 0.15) is 35.3 Å². The smallest absolute Gasteiger partial charge is 0.222 e. The van der Waals surface area contributed by atoms with E-state index in [1.807, 2.05) is 45.0 Å². The lowest BCUT2D eigenvalue weighted by molar-refractivity contribution is 0.103. The van der Waals surface area contributed by atoms with Crippen LogP contribution in [0.15, 0.2) is 100 Å². The third-order valence-corrected chi connectivity index (χ3v) is 10.7. The fraction of sp³-hybridized carbons (Fsp3) is 0.0833. The molecule has 53 heavy (non-hydrogen) atoms. The molecule has 0 fully saturated rings. The van der Waals surface area contributed by atoms with Crippen LogP contribution in [0, 0.1) is 6.92 Å². The Kier molecular flexibility index (Phi) is 13.0. The summed E-state index contributed by atoms with van der Waals surface area (Å²) in [6, 6.07) is 13.9. The normalized spacial score (nSPS) is 10.5. The van der Waals surface area contributed by atoms with E-state index in [1.165, 1.54) is 53.4 Å². The summed E-state index contributed by atoms with van der Waals surface area (Å²) in [5.41, 5.74) is 1.13. The van der Waals surface area contributed by atoms with E-state index in [1.54, 1.807) is 24.5 Å². The molecule has 0 atom stereocenters. The van der Waals surface area contributed by atoms with Crippen molar-refractivity contribution in [1.82, 2.24) is 30.6 Å². The van der Waals surface area contributed by atoms with Crippen molar-refractivity contribution in [3.63, 3.8) is 0 Å². The van der Waals surface area contributed by atoms with Crippen molar-refractivity contribution in [3.05, 3.63) is 148 Å². The zero-order valence-electron chi connectivity index (χ0n) is 28.0. The van der Waals surface area contributed by atoms with E-state index in [0.29, 0.717) is 32.3 Å². The number of ketones is 1. The zero-order valence-corrected chi connectivity index (χ0v) is 31.9. The average molecular weight is 801 g/mol. The molecule has 0 amide bonds. The summed E-state index contributed by atoms with van der Waals surface area (Å²) in [4.78, 5) is 48.2. The van der Waals surface area contributed by atoms with Crippen LogP contribution < -0.4 is 21.5 Å². The van der Waals surface area contributed by atoms with Gasteiger partial charge in [-0.2, -0.15) is 25.5 Å². The highest BCUT2D eigenvalue weighted by atomic mass is 35.5. The van der Waals surface area contributed by atoms with Crippen LogP contribution in [-0.2, 0) is 0 Å². The second kappa shape index (κ2) is 17.6. The standard InChI is InChI=1S/C12H8BN3OS.C11H6Cl2N2O2.C11H5ClN2OS.C2H6/c1-6-2-3-8(16-13)10-11(17)7-4-14-15-5-9(7)18-12(6)10;12-7-2-1-3-8(13)10(7)11(17)6-4-14-15-5-9(6)16;12-7-2-1-3-8-10(7)11(15)6-4-13-14-5-9(6)16-8;1-2/h2-5,16H,1H3;1-5H,(H,14,16);1-5H;1-2H3. The molecule has 5 aromatic heterocycles. The van der Waals surface area contributed by atoms with E-state index in [4.69, 9.17) is 42.8 Å². The van der Waals surface area contributed by atoms with Gasteiger partial charge in [-0.25, -0.2) is 0 Å². The third kappa shape index (κ3) is 8.27. The SMILES string of the molecule is CC.O=C(c1c(Cl)cccc1Cl)c1c[nH]ncc1=O.O=c1c2cnncc2sc2cccc(Cl)c12.[B]Nc1ccc(C)c2sc3cnncc3c(=O)c12. The second-order valence-corrected chi connectivity index (χ2v) is 13.9. The Balaban J connectivity index is 0.000000150. The first-order chi connectivity index (χ1) is 25.6. The fourth-order valence-electron chi connectivity index (χ4n) is 4.96. The number of anilines is 1. The van der Waals surface area contributed by atoms with Crippen molar-refractivity contribution in [2.24, 2.45) is 0 Å². The lowest BCUT2D eigenvalue weighted by Crippen LogP contribution is -2.16. The maximum atomic E-state index is 12.5. The zero-order chi connectivity index (χ0) is 38.2. The number of nitrogens with one attached hydrogen (secondary N) is 2. The van der Waals surface area contributed by atoms with E-state index in [9.17, 15) is 19.2 Å². The lowest BCUT2D eigenvalue weighted by atomic mass is 10.1. The molecule has 0 unspecified atom stereocenters. The molecule has 2 radical (unpaired) electrons. The van der Waals surface area contributed by atoms with E-state index in [-0.39, 0.29) is 32.0 Å². The number of aromatic nitrogens is 6. The molecule has 8 aromatic rings. The number of nitrogens with zero attached hydrogens (tertiary/aromatic N) is 5. The van der Waals surface area contributed by atoms with Gasteiger partial charge in [-0.3, -0.25) is 24.3 Å². The fourth-order valence-corrected chi connectivity index (χ4v) is 8.00. The van der Waals surface area contributed by atoms with Crippen LogP contribution in [-0.4, -0.2) is 44.4 Å². The molecule has 264 valence electrons. The highest BCUT2D eigenvalue weighted by Gasteiger charge is 2.19. The predicted octanol–water partition coefficient (Wildman–Crippen LogP) is 8.20. The molecule has 0 saturated heterocycles. The quantitative estimate of drug-likeness (QED) is 0.101. The Hall–Kier alpha value is -5.12. The van der Waals surface area contributed by atoms with Gasteiger partial charge in [0.25, 0.3) is 0 Å². The minimum absolute atomic E-state index is 0.0463. The van der Waals surface area contributed by atoms with Gasteiger partial charge < -0.3 is 5.23 Å². The van der Waals surface area contributed by atoms with Gasteiger partial charge in [-0.05, 0) is 42.8 Å². The second-order valence-electron chi connectivity index (χ2n) is 10.5. The Morgan fingerprint density at radius 1 is 0.717 bits per heavy atom. The summed E-state index contributed by atoms with van der Waals surface area (Å²) in [6.45, 7) is 5.97. The third-order valence-electron chi connectivity index (χ3n) is 7.41. The summed E-state index contributed by atoms with van der Waals surface area (Å²) in [6.07, 6.45) is 8.44. The molecule has 0 spiro atoms. The van der Waals surface area contributed by atoms with Gasteiger partial charge in [0.2, 0.25) is 19.2 Å². The number of halogens is 3. The number of hydrogen-bond acceptors (Lipinski definition) is 12. The Morgan fingerprint density at radius 2 is 1.28 bits per heavy atom. The van der Waals surface area contributed by atoms with E-state index in [2.05, 4.69) is 35.8 Å². The summed E-state index contributed by atoms with van der Waals surface area (Å²) in [7, 11) is 5.47. The number of aromatic amines is 1. The van der Waals surface area contributed by atoms with Crippen LogP contribution >= 0.6 is 57.5 Å². The van der Waals surface area contributed by atoms with Gasteiger partial charge in [-0.1, -0.05) is 66.8 Å². The molecule has 0 aliphatic carbocycles. The van der Waals surface area contributed by atoms with Crippen molar-refractivity contribution in [3.8, 4) is 0 Å². The molecule has 17 heteroatoms. The minimum atomic E-state index is -0.524. The first kappa shape index (κ1) is 39.1. The molecular weight excluding hydrogens is 776 g/mol. The molecule has 0 saturated carbocycles. The minimum Gasteiger partial charge on any atom is -0.437 e. The number of carbonyl (C=O) groups is 1. The monoisotopic (exact) mass is 799 g/mol. The number of benzene rings is 3. The summed E-state index contributed by atoms with van der Waals surface area (Å²) in [5, 5.41) is 26.8. The van der Waals surface area contributed by atoms with Crippen LogP contribution in [0.3, 0.4) is 0 Å². The van der Waals surface area contributed by atoms with Crippen molar-refractivity contribution < 1.29 is 4.79 Å². The van der Waals surface area contributed by atoms with Gasteiger partial charge in [0.05, 0.1) is 88.1 Å². The highest BCUT2D eigenvalue weighted by Crippen LogP contribution is 2.31. The Bertz CT molecular complexity index is 2800. The number of aryl methyl sites for hydroxylation is 1. The lowest BCUT2D eigenvalue weighted by Gasteiger charge is -2.08. The Morgan fingerprint density at radius 3 is 1.91 bits per heavy atom. The van der Waals surface area contributed by atoms with Crippen molar-refractivity contribution in [2.75, 3.05) is 5.23 Å². The first-order valence-electron chi connectivity index (χ1n) is 15.6. The summed E-state index contributed by atoms with van der Waals surface area (Å²) < 4.78 is 3.46. The van der Waals surface area contributed by atoms with Gasteiger partial charge in [0.1, 0.15) is 0 Å². The Labute approximate surface area is 325 Å². The topological polar surface area (TPSA) is 161 Å². The van der Waals surface area contributed by atoms with E-state index < -0.39 is 11.2 Å². The van der Waals surface area contributed by atoms with Crippen LogP contribution in [0.2, 0.25) is 15.1 Å². The number of carbonyl (C=O) groups excluding carboxylic acids is 1. The van der Waals surface area contributed by atoms with Gasteiger partial charge in [0, 0.05) is 21.3 Å². The predicted molar refractivity (Wildman–Crippen MR) is 218 cm³/mol. The van der Waals surface area contributed by atoms with Crippen molar-refractivity contribution in [1.29, 1.82) is 0 Å². The maximum Gasteiger partial charge on any atom is 0.222 e. The summed E-state index contributed by atoms with van der Waals surface area (Å²) >= 11 is 20.8. The molecule has 11 nitrogen and oxygen atoms in total. The summed E-state index contributed by atoms with van der Waals surface area (Å²) in [5.74, 6) is -0.524. The van der Waals surface area contributed by atoms with Crippen molar-refractivity contribution >= 4 is 117 Å².